The zero-order chi connectivity index (χ0) is 16.2. The summed E-state index contributed by atoms with van der Waals surface area (Å²) in [5.74, 6) is -2.26. The van der Waals surface area contributed by atoms with Crippen molar-refractivity contribution in [2.45, 2.75) is 11.3 Å². The summed E-state index contributed by atoms with van der Waals surface area (Å²) in [7, 11) is 1.03. The molecule has 0 unspecified atom stereocenters. The van der Waals surface area contributed by atoms with E-state index in [1.54, 1.807) is 0 Å². The van der Waals surface area contributed by atoms with Crippen molar-refractivity contribution in [2.24, 2.45) is 0 Å². The summed E-state index contributed by atoms with van der Waals surface area (Å²) >= 11 is 0. The molecular formula is C13H19FN2O4S. The normalized spacial score (nSPS) is 12.1. The number of carboxylic acids is 1. The number of hydrogen-bond acceptors (Lipinski definition) is 4. The Morgan fingerprint density at radius 1 is 1.24 bits per heavy atom. The topological polar surface area (TPSA) is 77.9 Å². The monoisotopic (exact) mass is 318 g/mol. The van der Waals surface area contributed by atoms with Gasteiger partial charge >= 0.3 is 5.97 Å². The highest BCUT2D eigenvalue weighted by molar-refractivity contribution is 7.89. The lowest BCUT2D eigenvalue weighted by Crippen LogP contribution is -2.30. The van der Waals surface area contributed by atoms with Gasteiger partial charge in [-0.05, 0) is 45.3 Å². The van der Waals surface area contributed by atoms with Crippen molar-refractivity contribution >= 4 is 16.0 Å². The van der Waals surface area contributed by atoms with E-state index < -0.39 is 26.7 Å². The molecule has 0 atom stereocenters. The van der Waals surface area contributed by atoms with Crippen molar-refractivity contribution in [3.63, 3.8) is 0 Å². The van der Waals surface area contributed by atoms with Crippen molar-refractivity contribution in [1.82, 2.24) is 9.21 Å². The van der Waals surface area contributed by atoms with Crippen LogP contribution in [0.3, 0.4) is 0 Å². The summed E-state index contributed by atoms with van der Waals surface area (Å²) in [6, 6.07) is 2.72. The molecule has 1 aromatic rings. The molecule has 0 heterocycles. The maximum atomic E-state index is 13.7. The van der Waals surface area contributed by atoms with Gasteiger partial charge in [0.15, 0.2) is 0 Å². The van der Waals surface area contributed by atoms with E-state index >= 15 is 0 Å². The number of benzene rings is 1. The van der Waals surface area contributed by atoms with Gasteiger partial charge in [-0.25, -0.2) is 21.9 Å². The van der Waals surface area contributed by atoms with Crippen LogP contribution < -0.4 is 0 Å². The lowest BCUT2D eigenvalue weighted by Gasteiger charge is -2.19. The first-order valence-electron chi connectivity index (χ1n) is 6.30. The van der Waals surface area contributed by atoms with Crippen LogP contribution in [-0.4, -0.2) is 62.9 Å². The molecule has 0 aliphatic rings. The number of hydrogen-bond donors (Lipinski definition) is 1. The van der Waals surface area contributed by atoms with Crippen molar-refractivity contribution in [2.75, 3.05) is 34.2 Å². The van der Waals surface area contributed by atoms with Crippen LogP contribution in [0.5, 0.6) is 0 Å². The summed E-state index contributed by atoms with van der Waals surface area (Å²) in [6.07, 6.45) is 0.586. The van der Waals surface area contributed by atoms with E-state index in [0.717, 1.165) is 22.5 Å². The predicted octanol–water partition coefficient (Wildman–Crippen LogP) is 1.10. The van der Waals surface area contributed by atoms with Crippen LogP contribution in [0.4, 0.5) is 4.39 Å². The van der Waals surface area contributed by atoms with E-state index in [9.17, 15) is 17.6 Å². The largest absolute Gasteiger partial charge is 0.478 e. The molecule has 0 aliphatic heterocycles. The molecule has 0 spiro atoms. The molecule has 118 valence electrons. The van der Waals surface area contributed by atoms with Gasteiger partial charge in [-0.3, -0.25) is 0 Å². The maximum absolute atomic E-state index is 13.7. The number of carbonyl (C=O) groups is 1. The average molecular weight is 318 g/mol. The lowest BCUT2D eigenvalue weighted by atomic mass is 10.2. The smallest absolute Gasteiger partial charge is 0.335 e. The Morgan fingerprint density at radius 3 is 2.38 bits per heavy atom. The molecule has 1 aromatic carbocycles. The Morgan fingerprint density at radius 2 is 1.86 bits per heavy atom. The van der Waals surface area contributed by atoms with E-state index in [1.165, 1.54) is 7.05 Å². The third-order valence-electron chi connectivity index (χ3n) is 2.94. The van der Waals surface area contributed by atoms with Gasteiger partial charge in [-0.2, -0.15) is 0 Å². The molecule has 0 saturated carbocycles. The fourth-order valence-electron chi connectivity index (χ4n) is 1.73. The first-order valence-corrected chi connectivity index (χ1v) is 7.74. The quantitative estimate of drug-likeness (QED) is 0.814. The summed E-state index contributed by atoms with van der Waals surface area (Å²) in [4.78, 5) is 12.2. The van der Waals surface area contributed by atoms with Crippen LogP contribution in [0, 0.1) is 5.82 Å². The van der Waals surface area contributed by atoms with Crippen molar-refractivity contribution in [3.8, 4) is 0 Å². The lowest BCUT2D eigenvalue weighted by molar-refractivity contribution is 0.0696. The first kappa shape index (κ1) is 17.5. The van der Waals surface area contributed by atoms with E-state index in [0.29, 0.717) is 13.0 Å². The third kappa shape index (κ3) is 4.48. The van der Waals surface area contributed by atoms with Crippen LogP contribution in [0.25, 0.3) is 0 Å². The van der Waals surface area contributed by atoms with Gasteiger partial charge in [0.1, 0.15) is 10.7 Å². The summed E-state index contributed by atoms with van der Waals surface area (Å²) in [5.41, 5.74) is -0.267. The SMILES string of the molecule is CN(C)CCCN(C)S(=O)(=O)c1cc(C(=O)O)ccc1F. The fraction of sp³-hybridized carbons (Fsp3) is 0.462. The standard InChI is InChI=1S/C13H19FN2O4S/c1-15(2)7-4-8-16(3)21(19,20)12-9-10(13(17)18)5-6-11(12)14/h5-6,9H,4,7-8H2,1-3H3,(H,17,18). The average Bonchev–Trinajstić information content (AvgIpc) is 2.37. The Balaban J connectivity index is 3.01. The van der Waals surface area contributed by atoms with Gasteiger partial charge in [0.2, 0.25) is 10.0 Å². The Hall–Kier alpha value is -1.51. The highest BCUT2D eigenvalue weighted by atomic mass is 32.2. The van der Waals surface area contributed by atoms with Crippen molar-refractivity contribution < 1.29 is 22.7 Å². The minimum absolute atomic E-state index is 0.219. The summed E-state index contributed by atoms with van der Waals surface area (Å²) in [6.45, 7) is 0.911. The molecule has 0 bridgehead atoms. The molecule has 0 radical (unpaired) electrons. The molecule has 8 heteroatoms. The number of sulfonamides is 1. The highest BCUT2D eigenvalue weighted by Gasteiger charge is 2.25. The maximum Gasteiger partial charge on any atom is 0.335 e. The third-order valence-corrected chi connectivity index (χ3v) is 4.82. The Bertz CT molecular complexity index is 617. The molecular weight excluding hydrogens is 299 g/mol. The van der Waals surface area contributed by atoms with Crippen LogP contribution in [0.1, 0.15) is 16.8 Å². The summed E-state index contributed by atoms with van der Waals surface area (Å²) < 4.78 is 39.3. The second-order valence-electron chi connectivity index (χ2n) is 4.93. The minimum atomic E-state index is -4.05. The number of carboxylic acid groups (broad SMARTS) is 1. The Kier molecular flexibility index (Phi) is 5.82. The van der Waals surface area contributed by atoms with Crippen molar-refractivity contribution in [1.29, 1.82) is 0 Å². The van der Waals surface area contributed by atoms with E-state index in [1.807, 2.05) is 19.0 Å². The van der Waals surface area contributed by atoms with Crippen molar-refractivity contribution in [3.05, 3.63) is 29.6 Å². The number of nitrogens with zero attached hydrogens (tertiary/aromatic N) is 2. The molecule has 0 aromatic heterocycles. The molecule has 6 nitrogen and oxygen atoms in total. The minimum Gasteiger partial charge on any atom is -0.478 e. The highest BCUT2D eigenvalue weighted by Crippen LogP contribution is 2.20. The van der Waals surface area contributed by atoms with Gasteiger partial charge in [0, 0.05) is 13.6 Å². The van der Waals surface area contributed by atoms with Crippen LogP contribution >= 0.6 is 0 Å². The molecule has 0 saturated heterocycles. The zero-order valence-electron chi connectivity index (χ0n) is 12.2. The number of rotatable bonds is 7. The fourth-order valence-corrected chi connectivity index (χ4v) is 3.03. The molecule has 0 fully saturated rings. The second kappa shape index (κ2) is 6.97. The Labute approximate surface area is 123 Å². The van der Waals surface area contributed by atoms with E-state index in [4.69, 9.17) is 5.11 Å². The summed E-state index contributed by atoms with van der Waals surface area (Å²) in [5, 5.41) is 8.87. The van der Waals surface area contributed by atoms with Gasteiger partial charge in [-0.15, -0.1) is 0 Å². The van der Waals surface area contributed by atoms with E-state index in [2.05, 4.69) is 0 Å². The van der Waals surface area contributed by atoms with Gasteiger partial charge < -0.3 is 10.0 Å². The van der Waals surface area contributed by atoms with Crippen LogP contribution in [0.2, 0.25) is 0 Å². The molecule has 0 aliphatic carbocycles. The molecule has 0 amide bonds. The van der Waals surface area contributed by atoms with E-state index in [-0.39, 0.29) is 12.1 Å². The zero-order valence-corrected chi connectivity index (χ0v) is 13.0. The first-order chi connectivity index (χ1) is 9.66. The van der Waals surface area contributed by atoms with Crippen LogP contribution in [-0.2, 0) is 10.0 Å². The van der Waals surface area contributed by atoms with Gasteiger partial charge in [0.25, 0.3) is 0 Å². The molecule has 21 heavy (non-hydrogen) atoms. The van der Waals surface area contributed by atoms with Gasteiger partial charge in [-0.1, -0.05) is 0 Å². The molecule has 1 rings (SSSR count). The predicted molar refractivity (Wildman–Crippen MR) is 76.3 cm³/mol. The second-order valence-corrected chi connectivity index (χ2v) is 6.95. The number of halogens is 1. The van der Waals surface area contributed by atoms with Crippen LogP contribution in [0.15, 0.2) is 23.1 Å². The number of aromatic carboxylic acids is 1. The van der Waals surface area contributed by atoms with Gasteiger partial charge in [0.05, 0.1) is 5.56 Å². The molecule has 1 N–H and O–H groups in total.